The van der Waals surface area contributed by atoms with E-state index in [-0.39, 0.29) is 12.2 Å². The number of nitrogens with zero attached hydrogens (tertiary/aromatic N) is 7. The molecule has 4 aromatic rings. The summed E-state index contributed by atoms with van der Waals surface area (Å²) in [6.07, 6.45) is 3.38. The van der Waals surface area contributed by atoms with Gasteiger partial charge in [-0.3, -0.25) is 4.68 Å². The molecule has 176 valence electrons. The zero-order valence-electron chi connectivity index (χ0n) is 19.7. The number of fused-ring (bicyclic) bond motifs is 1. The predicted molar refractivity (Wildman–Crippen MR) is 126 cm³/mol. The Bertz CT molecular complexity index is 1340. The van der Waals surface area contributed by atoms with Gasteiger partial charge >= 0.3 is 6.09 Å². The van der Waals surface area contributed by atoms with Crippen LogP contribution in [0.25, 0.3) is 22.6 Å². The lowest BCUT2D eigenvalue weighted by atomic mass is 10.2. The summed E-state index contributed by atoms with van der Waals surface area (Å²) in [6, 6.07) is 7.41. The predicted octanol–water partition coefficient (Wildman–Crippen LogP) is 3.52. The van der Waals surface area contributed by atoms with Crippen molar-refractivity contribution in [3.63, 3.8) is 0 Å². The standard InChI is InChI=1S/C24H27N7O3/c1-5-31-16(3)19(12-27-31)21-28-20-22(29(21)4)25-14-26-23(20)33-18-10-11-30(13-18)24(32)34-17-8-6-15(2)7-9-17/h6-9,12,14,18H,5,10-11,13H2,1-4H3/t18-/m0/s1. The van der Waals surface area contributed by atoms with Gasteiger partial charge in [0.05, 0.1) is 18.3 Å². The summed E-state index contributed by atoms with van der Waals surface area (Å²) in [6.45, 7) is 7.82. The molecule has 10 nitrogen and oxygen atoms in total. The molecular weight excluding hydrogens is 434 g/mol. The minimum absolute atomic E-state index is 0.210. The van der Waals surface area contributed by atoms with Crippen LogP contribution in [0.4, 0.5) is 4.79 Å². The first-order valence-electron chi connectivity index (χ1n) is 11.3. The normalized spacial score (nSPS) is 15.8. The van der Waals surface area contributed by atoms with Crippen LogP contribution in [0.1, 0.15) is 24.6 Å². The second-order valence-corrected chi connectivity index (χ2v) is 8.46. The third-order valence-corrected chi connectivity index (χ3v) is 6.17. The van der Waals surface area contributed by atoms with Gasteiger partial charge in [-0.25, -0.2) is 14.8 Å². The Labute approximate surface area is 197 Å². The van der Waals surface area contributed by atoms with E-state index in [1.807, 2.05) is 48.5 Å². The Morgan fingerprint density at radius 2 is 1.97 bits per heavy atom. The quantitative estimate of drug-likeness (QED) is 0.448. The van der Waals surface area contributed by atoms with Gasteiger partial charge in [-0.1, -0.05) is 17.7 Å². The first-order chi connectivity index (χ1) is 16.4. The van der Waals surface area contributed by atoms with Crippen LogP contribution in [0.3, 0.4) is 0 Å². The Morgan fingerprint density at radius 3 is 2.71 bits per heavy atom. The van der Waals surface area contributed by atoms with Gasteiger partial charge in [0, 0.05) is 32.3 Å². The molecule has 0 saturated carbocycles. The molecule has 1 amide bonds. The summed E-state index contributed by atoms with van der Waals surface area (Å²) in [5.74, 6) is 1.69. The molecule has 0 radical (unpaired) electrons. The molecule has 1 fully saturated rings. The Hall–Kier alpha value is -3.95. The van der Waals surface area contributed by atoms with Crippen molar-refractivity contribution in [2.45, 2.75) is 39.8 Å². The van der Waals surface area contributed by atoms with Crippen LogP contribution in [0, 0.1) is 13.8 Å². The van der Waals surface area contributed by atoms with Gasteiger partial charge in [-0.15, -0.1) is 0 Å². The molecule has 10 heteroatoms. The summed E-state index contributed by atoms with van der Waals surface area (Å²) < 4.78 is 15.5. The number of aryl methyl sites for hydroxylation is 3. The molecule has 0 N–H and O–H groups in total. The van der Waals surface area contributed by atoms with Crippen LogP contribution >= 0.6 is 0 Å². The molecule has 1 aliphatic heterocycles. The third kappa shape index (κ3) is 3.95. The average Bonchev–Trinajstić information content (AvgIpc) is 3.53. The van der Waals surface area contributed by atoms with E-state index in [1.165, 1.54) is 6.33 Å². The molecule has 0 spiro atoms. The number of imidazole rings is 1. The smallest absolute Gasteiger partial charge is 0.415 e. The lowest BCUT2D eigenvalue weighted by molar-refractivity contribution is 0.151. The van der Waals surface area contributed by atoms with Gasteiger partial charge in [-0.05, 0) is 32.9 Å². The Morgan fingerprint density at radius 1 is 1.18 bits per heavy atom. The maximum absolute atomic E-state index is 12.6. The fourth-order valence-corrected chi connectivity index (χ4v) is 4.21. The van der Waals surface area contributed by atoms with E-state index in [0.717, 1.165) is 29.2 Å². The fraction of sp³-hybridized carbons (Fsp3) is 0.375. The van der Waals surface area contributed by atoms with Crippen molar-refractivity contribution in [2.75, 3.05) is 13.1 Å². The molecule has 0 bridgehead atoms. The van der Waals surface area contributed by atoms with Gasteiger partial charge in [-0.2, -0.15) is 10.1 Å². The monoisotopic (exact) mass is 461 g/mol. The maximum Gasteiger partial charge on any atom is 0.415 e. The number of carbonyl (C=O) groups is 1. The highest BCUT2D eigenvalue weighted by Gasteiger charge is 2.30. The molecule has 5 rings (SSSR count). The zero-order chi connectivity index (χ0) is 23.8. The van der Waals surface area contributed by atoms with E-state index in [1.54, 1.807) is 17.0 Å². The van der Waals surface area contributed by atoms with Crippen molar-refractivity contribution in [3.8, 4) is 23.0 Å². The third-order valence-electron chi connectivity index (χ3n) is 6.17. The van der Waals surface area contributed by atoms with Crippen LogP contribution in [0.2, 0.25) is 0 Å². The van der Waals surface area contributed by atoms with Crippen LogP contribution < -0.4 is 9.47 Å². The highest BCUT2D eigenvalue weighted by atomic mass is 16.6. The number of likely N-dealkylation sites (tertiary alicyclic amines) is 1. The van der Waals surface area contributed by atoms with Crippen LogP contribution in [0.15, 0.2) is 36.8 Å². The number of aromatic nitrogens is 6. The molecule has 1 atom stereocenters. The van der Waals surface area contributed by atoms with Gasteiger partial charge in [0.25, 0.3) is 0 Å². The van der Waals surface area contributed by atoms with Crippen molar-refractivity contribution >= 4 is 17.3 Å². The molecular formula is C24H27N7O3. The van der Waals surface area contributed by atoms with E-state index in [2.05, 4.69) is 22.0 Å². The number of carbonyl (C=O) groups excluding carboxylic acids is 1. The summed E-state index contributed by atoms with van der Waals surface area (Å²) in [7, 11) is 1.92. The van der Waals surface area contributed by atoms with Gasteiger partial charge in [0.2, 0.25) is 5.88 Å². The molecule has 1 saturated heterocycles. The van der Waals surface area contributed by atoms with Crippen LogP contribution in [-0.4, -0.2) is 59.5 Å². The highest BCUT2D eigenvalue weighted by Crippen LogP contribution is 2.30. The number of hydrogen-bond acceptors (Lipinski definition) is 7. The van der Waals surface area contributed by atoms with Crippen molar-refractivity contribution in [1.29, 1.82) is 0 Å². The topological polar surface area (TPSA) is 100 Å². The number of ether oxygens (including phenoxy) is 2. The molecule has 4 heterocycles. The van der Waals surface area contributed by atoms with Crippen molar-refractivity contribution in [1.82, 2.24) is 34.2 Å². The number of amides is 1. The fourth-order valence-electron chi connectivity index (χ4n) is 4.21. The van der Waals surface area contributed by atoms with Crippen molar-refractivity contribution in [3.05, 3.63) is 48.0 Å². The van der Waals surface area contributed by atoms with E-state index in [0.29, 0.717) is 42.3 Å². The SMILES string of the molecule is CCn1ncc(-c2nc3c(O[C@H]4CCN(C(=O)Oc5ccc(C)cc5)C4)ncnc3n2C)c1C. The number of hydrogen-bond donors (Lipinski definition) is 0. The van der Waals surface area contributed by atoms with Gasteiger partial charge in [0.1, 0.15) is 24.0 Å². The molecule has 1 aromatic carbocycles. The van der Waals surface area contributed by atoms with Crippen LogP contribution in [0.5, 0.6) is 11.6 Å². The zero-order valence-corrected chi connectivity index (χ0v) is 19.7. The number of benzene rings is 1. The van der Waals surface area contributed by atoms with Crippen LogP contribution in [-0.2, 0) is 13.6 Å². The molecule has 34 heavy (non-hydrogen) atoms. The molecule has 0 unspecified atom stereocenters. The minimum atomic E-state index is -0.383. The average molecular weight is 462 g/mol. The van der Waals surface area contributed by atoms with E-state index < -0.39 is 0 Å². The number of rotatable bonds is 5. The summed E-state index contributed by atoms with van der Waals surface area (Å²) in [5.41, 5.74) is 4.35. The van der Waals surface area contributed by atoms with Gasteiger partial charge in [0.15, 0.2) is 11.2 Å². The molecule has 0 aliphatic carbocycles. The first-order valence-corrected chi connectivity index (χ1v) is 11.3. The molecule has 1 aliphatic rings. The van der Waals surface area contributed by atoms with E-state index >= 15 is 0 Å². The second-order valence-electron chi connectivity index (χ2n) is 8.46. The minimum Gasteiger partial charge on any atom is -0.471 e. The Kier molecular flexibility index (Phi) is 5.64. The summed E-state index contributed by atoms with van der Waals surface area (Å²) in [4.78, 5) is 27.8. The van der Waals surface area contributed by atoms with E-state index in [9.17, 15) is 4.79 Å². The highest BCUT2D eigenvalue weighted by molar-refractivity contribution is 5.81. The lowest BCUT2D eigenvalue weighted by Crippen LogP contribution is -2.33. The van der Waals surface area contributed by atoms with Crippen molar-refractivity contribution < 1.29 is 14.3 Å². The largest absolute Gasteiger partial charge is 0.471 e. The summed E-state index contributed by atoms with van der Waals surface area (Å²) >= 11 is 0. The maximum atomic E-state index is 12.6. The van der Waals surface area contributed by atoms with Gasteiger partial charge < -0.3 is 18.9 Å². The van der Waals surface area contributed by atoms with Crippen molar-refractivity contribution in [2.24, 2.45) is 7.05 Å². The summed E-state index contributed by atoms with van der Waals surface area (Å²) in [5, 5.41) is 4.43. The lowest BCUT2D eigenvalue weighted by Gasteiger charge is -2.16. The van der Waals surface area contributed by atoms with E-state index in [4.69, 9.17) is 14.5 Å². The first kappa shape index (κ1) is 21.9. The molecule has 3 aromatic heterocycles. The Balaban J connectivity index is 1.33. The second kappa shape index (κ2) is 8.77.